The molecule has 9 aromatic carbocycles. The number of aromatic nitrogens is 2. The van der Waals surface area contributed by atoms with Crippen LogP contribution < -0.4 is 0 Å². The van der Waals surface area contributed by atoms with Crippen LogP contribution in [0.25, 0.3) is 100.0 Å². The maximum absolute atomic E-state index is 5.36. The zero-order valence-electron chi connectivity index (χ0n) is 33.0. The van der Waals surface area contributed by atoms with Gasteiger partial charge in [0.25, 0.3) is 0 Å². The monoisotopic (exact) mass is 752 g/mol. The van der Waals surface area contributed by atoms with Crippen LogP contribution in [0, 0.1) is 0 Å². The second-order valence-electron chi connectivity index (χ2n) is 16.2. The molecule has 0 spiro atoms. The van der Waals surface area contributed by atoms with Crippen molar-refractivity contribution in [2.24, 2.45) is 0 Å². The van der Waals surface area contributed by atoms with Crippen LogP contribution in [0.2, 0.25) is 0 Å². The third-order valence-electron chi connectivity index (χ3n) is 12.3. The summed E-state index contributed by atoms with van der Waals surface area (Å²) >= 11 is 0. The quantitative estimate of drug-likeness (QED) is 0.169. The summed E-state index contributed by atoms with van der Waals surface area (Å²) in [5, 5.41) is 4.91. The molecule has 2 heteroatoms. The van der Waals surface area contributed by atoms with Gasteiger partial charge in [-0.3, -0.25) is 0 Å². The Labute approximate surface area is 345 Å². The zero-order chi connectivity index (χ0) is 39.5. The van der Waals surface area contributed by atoms with Gasteiger partial charge in [-0.1, -0.05) is 196 Å². The Morgan fingerprint density at radius 2 is 0.814 bits per heavy atom. The summed E-state index contributed by atoms with van der Waals surface area (Å²) in [6, 6.07) is 74.3. The third kappa shape index (κ3) is 5.96. The van der Waals surface area contributed by atoms with E-state index in [4.69, 9.17) is 9.97 Å². The van der Waals surface area contributed by atoms with Crippen LogP contribution in [-0.4, -0.2) is 9.97 Å². The van der Waals surface area contributed by atoms with E-state index < -0.39 is 0 Å². The van der Waals surface area contributed by atoms with Crippen LogP contribution in [0.1, 0.15) is 25.0 Å². The van der Waals surface area contributed by atoms with Gasteiger partial charge in [0.1, 0.15) is 0 Å². The van der Waals surface area contributed by atoms with Gasteiger partial charge < -0.3 is 0 Å². The van der Waals surface area contributed by atoms with Crippen molar-refractivity contribution in [3.63, 3.8) is 0 Å². The van der Waals surface area contributed by atoms with E-state index in [1.54, 1.807) is 0 Å². The number of benzene rings is 9. The predicted molar refractivity (Wildman–Crippen MR) is 247 cm³/mol. The molecule has 59 heavy (non-hydrogen) atoms. The molecule has 0 N–H and O–H groups in total. The Bertz CT molecular complexity index is 3220. The molecular weight excluding hydrogens is 713 g/mol. The van der Waals surface area contributed by atoms with Crippen molar-refractivity contribution in [2.75, 3.05) is 0 Å². The number of nitrogens with zero attached hydrogens (tertiary/aromatic N) is 2. The van der Waals surface area contributed by atoms with Crippen molar-refractivity contribution in [2.45, 2.75) is 19.3 Å². The fourth-order valence-corrected chi connectivity index (χ4v) is 9.25. The highest BCUT2D eigenvalue weighted by molar-refractivity contribution is 6.06. The van der Waals surface area contributed by atoms with E-state index >= 15 is 0 Å². The van der Waals surface area contributed by atoms with Crippen molar-refractivity contribution in [1.29, 1.82) is 0 Å². The van der Waals surface area contributed by atoms with Crippen molar-refractivity contribution in [3.8, 4) is 78.4 Å². The lowest BCUT2D eigenvalue weighted by atomic mass is 9.81. The minimum atomic E-state index is -0.0808. The summed E-state index contributed by atoms with van der Waals surface area (Å²) in [7, 11) is 0. The summed E-state index contributed by atoms with van der Waals surface area (Å²) < 4.78 is 0. The molecule has 1 aliphatic carbocycles. The first-order valence-electron chi connectivity index (χ1n) is 20.4. The average Bonchev–Trinajstić information content (AvgIpc) is 3.52. The van der Waals surface area contributed by atoms with Crippen molar-refractivity contribution < 1.29 is 0 Å². The Morgan fingerprint density at radius 1 is 0.305 bits per heavy atom. The summed E-state index contributed by atoms with van der Waals surface area (Å²) in [5.41, 5.74) is 17.3. The van der Waals surface area contributed by atoms with E-state index in [0.717, 1.165) is 50.2 Å². The Hall–Kier alpha value is -7.42. The molecule has 0 radical (unpaired) electrons. The normalized spacial score (nSPS) is 12.7. The van der Waals surface area contributed by atoms with Crippen molar-refractivity contribution >= 4 is 21.5 Å². The first-order chi connectivity index (χ1) is 29.0. The second kappa shape index (κ2) is 13.9. The van der Waals surface area contributed by atoms with Gasteiger partial charge in [-0.15, -0.1) is 0 Å². The molecule has 0 saturated heterocycles. The maximum Gasteiger partial charge on any atom is 0.160 e. The molecule has 0 saturated carbocycles. The predicted octanol–water partition coefficient (Wildman–Crippen LogP) is 15.1. The zero-order valence-corrected chi connectivity index (χ0v) is 33.0. The fraction of sp³-hybridized carbons (Fsp3) is 0.0526. The van der Waals surface area contributed by atoms with E-state index in [-0.39, 0.29) is 5.41 Å². The Morgan fingerprint density at radius 3 is 1.54 bits per heavy atom. The van der Waals surface area contributed by atoms with Gasteiger partial charge in [0.2, 0.25) is 0 Å². The van der Waals surface area contributed by atoms with E-state index in [2.05, 4.69) is 220 Å². The molecule has 1 aromatic heterocycles. The molecule has 2 nitrogen and oxygen atoms in total. The van der Waals surface area contributed by atoms with Crippen LogP contribution >= 0.6 is 0 Å². The maximum atomic E-state index is 5.36. The van der Waals surface area contributed by atoms with Crippen molar-refractivity contribution in [3.05, 3.63) is 217 Å². The van der Waals surface area contributed by atoms with E-state index in [1.807, 2.05) is 0 Å². The lowest BCUT2D eigenvalue weighted by Gasteiger charge is -2.22. The van der Waals surface area contributed by atoms with E-state index in [9.17, 15) is 0 Å². The Balaban J connectivity index is 1.07. The summed E-state index contributed by atoms with van der Waals surface area (Å²) in [4.78, 5) is 10.7. The molecule has 0 bridgehead atoms. The van der Waals surface area contributed by atoms with Gasteiger partial charge in [0.15, 0.2) is 5.82 Å². The first kappa shape index (κ1) is 34.8. The molecule has 1 heterocycles. The molecular formula is C57H40N2. The summed E-state index contributed by atoms with van der Waals surface area (Å²) in [6.07, 6.45) is 0. The molecule has 10 aromatic rings. The largest absolute Gasteiger partial charge is 0.228 e. The average molecular weight is 753 g/mol. The number of fused-ring (bicyclic) bond motifs is 5. The number of hydrogen-bond donors (Lipinski definition) is 0. The van der Waals surface area contributed by atoms with Crippen molar-refractivity contribution in [1.82, 2.24) is 9.97 Å². The highest BCUT2D eigenvalue weighted by Gasteiger charge is 2.36. The lowest BCUT2D eigenvalue weighted by molar-refractivity contribution is 0.661. The minimum Gasteiger partial charge on any atom is -0.228 e. The van der Waals surface area contributed by atoms with Crippen LogP contribution in [0.5, 0.6) is 0 Å². The molecule has 1 aliphatic rings. The fourth-order valence-electron chi connectivity index (χ4n) is 9.25. The van der Waals surface area contributed by atoms with E-state index in [1.165, 1.54) is 55.1 Å². The van der Waals surface area contributed by atoms with Crippen LogP contribution in [0.15, 0.2) is 206 Å². The molecule has 0 atom stereocenters. The van der Waals surface area contributed by atoms with Gasteiger partial charge in [0, 0.05) is 22.1 Å². The van der Waals surface area contributed by atoms with Crippen LogP contribution in [0.3, 0.4) is 0 Å². The number of rotatable bonds is 6. The van der Waals surface area contributed by atoms with E-state index in [0.29, 0.717) is 5.82 Å². The second-order valence-corrected chi connectivity index (χ2v) is 16.2. The van der Waals surface area contributed by atoms with Crippen LogP contribution in [0.4, 0.5) is 0 Å². The molecule has 0 amide bonds. The highest BCUT2D eigenvalue weighted by atomic mass is 14.9. The highest BCUT2D eigenvalue weighted by Crippen LogP contribution is 2.51. The standard InChI is InChI=1S/C57H40N2/c1-57(2)52-32-29-43(34-50(52)51-33-41-19-9-10-20-42(41)35-53(51)57)45-30-31-49(47-23-13-12-22-46(45)47)55-36-54(48-24-14-11-21-44(48)39-17-7-4-8-18-39)58-56(59-55)40-27-25-38(26-28-40)37-15-5-3-6-16-37/h3-36H,1-2H3. The molecule has 0 unspecified atom stereocenters. The topological polar surface area (TPSA) is 25.8 Å². The Kier molecular flexibility index (Phi) is 8.20. The van der Waals surface area contributed by atoms with Crippen LogP contribution in [-0.2, 0) is 5.41 Å². The summed E-state index contributed by atoms with van der Waals surface area (Å²) in [6.45, 7) is 4.72. The van der Waals surface area contributed by atoms with Gasteiger partial charge in [0.05, 0.1) is 11.4 Å². The third-order valence-corrected chi connectivity index (χ3v) is 12.3. The summed E-state index contributed by atoms with van der Waals surface area (Å²) in [5.74, 6) is 0.695. The van der Waals surface area contributed by atoms with Gasteiger partial charge in [-0.05, 0) is 101 Å². The molecule has 11 rings (SSSR count). The number of hydrogen-bond acceptors (Lipinski definition) is 2. The first-order valence-corrected chi connectivity index (χ1v) is 20.4. The molecule has 0 fully saturated rings. The molecule has 278 valence electrons. The minimum absolute atomic E-state index is 0.0808. The van der Waals surface area contributed by atoms with Gasteiger partial charge >= 0.3 is 0 Å². The molecule has 0 aliphatic heterocycles. The smallest absolute Gasteiger partial charge is 0.160 e. The van der Waals surface area contributed by atoms with Gasteiger partial charge in [-0.25, -0.2) is 9.97 Å². The SMILES string of the molecule is CC1(C)c2ccc(-c3ccc(-c4cc(-c5ccccc5-c5ccccc5)nc(-c5ccc(-c6ccccc6)cc5)n4)c4ccccc34)cc2-c2cc3ccccc3cc21. The van der Waals surface area contributed by atoms with Gasteiger partial charge in [-0.2, -0.15) is 0 Å². The lowest BCUT2D eigenvalue weighted by Crippen LogP contribution is -2.14.